The minimum Gasteiger partial charge on any atom is -0.349 e. The number of carbonyl (C=O) groups is 1. The monoisotopic (exact) mass is 419 g/mol. The van der Waals surface area contributed by atoms with E-state index in [0.717, 1.165) is 79.5 Å². The number of nitrogens with zero attached hydrogens (tertiary/aromatic N) is 2. The van der Waals surface area contributed by atoms with Gasteiger partial charge in [-0.1, -0.05) is 41.9 Å². The average Bonchev–Trinajstić information content (AvgIpc) is 3.22. The molecule has 0 saturated carbocycles. The molecule has 0 atom stereocenters. The minimum absolute atomic E-state index is 0.0318. The Labute approximate surface area is 182 Å². The van der Waals surface area contributed by atoms with Crippen LogP contribution in [0.15, 0.2) is 48.5 Å². The number of likely N-dealkylation sites (tertiary alicyclic amines) is 1. The van der Waals surface area contributed by atoms with Crippen molar-refractivity contribution < 1.29 is 4.79 Å². The van der Waals surface area contributed by atoms with Crippen LogP contribution in [0.3, 0.4) is 0 Å². The van der Waals surface area contributed by atoms with Crippen LogP contribution in [0.25, 0.3) is 10.9 Å². The fourth-order valence-electron chi connectivity index (χ4n) is 4.83. The number of benzene rings is 2. The molecule has 1 saturated heterocycles. The number of hydrogen-bond donors (Lipinski definition) is 1. The van der Waals surface area contributed by atoms with Gasteiger partial charge >= 0.3 is 0 Å². The Bertz CT molecular complexity index is 1070. The Morgan fingerprint density at radius 3 is 2.70 bits per heavy atom. The summed E-state index contributed by atoms with van der Waals surface area (Å²) in [4.78, 5) is 20.6. The van der Waals surface area contributed by atoms with Crippen molar-refractivity contribution in [2.24, 2.45) is 0 Å². The molecule has 3 aromatic rings. The molecule has 1 aliphatic heterocycles. The second-order valence-electron chi connectivity index (χ2n) is 8.44. The Balaban J connectivity index is 1.31. The lowest BCUT2D eigenvalue weighted by molar-refractivity contribution is 0.0909. The number of hydrogen-bond acceptors (Lipinski definition) is 3. The molecule has 1 fully saturated rings. The van der Waals surface area contributed by atoms with E-state index in [2.05, 4.69) is 40.5 Å². The Kier molecular flexibility index (Phi) is 5.45. The van der Waals surface area contributed by atoms with Gasteiger partial charge in [-0.2, -0.15) is 0 Å². The molecule has 0 bridgehead atoms. The number of pyridine rings is 1. The summed E-state index contributed by atoms with van der Waals surface area (Å²) in [6.07, 6.45) is 4.88. The summed E-state index contributed by atoms with van der Waals surface area (Å²) in [5.41, 5.74) is 5.19. The number of aryl methyl sites for hydroxylation is 1. The number of halogens is 1. The first-order valence-electron chi connectivity index (χ1n) is 10.9. The van der Waals surface area contributed by atoms with Crippen LogP contribution >= 0.6 is 11.6 Å². The fraction of sp³-hybridized carbons (Fsp3) is 0.360. The molecule has 0 spiro atoms. The molecule has 30 heavy (non-hydrogen) atoms. The highest BCUT2D eigenvalue weighted by Crippen LogP contribution is 2.31. The Morgan fingerprint density at radius 1 is 1.10 bits per heavy atom. The summed E-state index contributed by atoms with van der Waals surface area (Å²) in [6, 6.07) is 16.5. The van der Waals surface area contributed by atoms with Crippen LogP contribution in [-0.2, 0) is 19.4 Å². The summed E-state index contributed by atoms with van der Waals surface area (Å²) in [7, 11) is 0. The fourth-order valence-corrected chi connectivity index (χ4v) is 5.00. The highest BCUT2D eigenvalue weighted by Gasteiger charge is 2.27. The highest BCUT2D eigenvalue weighted by molar-refractivity contribution is 6.31. The molecule has 1 aliphatic carbocycles. The number of rotatable bonds is 4. The summed E-state index contributed by atoms with van der Waals surface area (Å²) >= 11 is 6.26. The van der Waals surface area contributed by atoms with Gasteiger partial charge in [-0.05, 0) is 61.4 Å². The van der Waals surface area contributed by atoms with Crippen molar-refractivity contribution in [2.75, 3.05) is 13.1 Å². The molecule has 2 aliphatic rings. The second-order valence-corrected chi connectivity index (χ2v) is 8.87. The molecule has 154 valence electrons. The molecule has 5 rings (SSSR count). The molecule has 1 amide bonds. The molecule has 5 heteroatoms. The van der Waals surface area contributed by atoms with Crippen LogP contribution in [0, 0.1) is 0 Å². The number of nitrogens with one attached hydrogen (secondary N) is 1. The third-order valence-corrected chi connectivity index (χ3v) is 6.61. The van der Waals surface area contributed by atoms with Gasteiger partial charge in [-0.15, -0.1) is 0 Å². The maximum Gasteiger partial charge on any atom is 0.252 e. The van der Waals surface area contributed by atoms with E-state index in [1.165, 1.54) is 5.56 Å². The molecular weight excluding hydrogens is 394 g/mol. The van der Waals surface area contributed by atoms with Crippen LogP contribution in [-0.4, -0.2) is 34.9 Å². The van der Waals surface area contributed by atoms with Crippen molar-refractivity contribution in [3.05, 3.63) is 75.9 Å². The molecule has 4 nitrogen and oxygen atoms in total. The number of piperidine rings is 1. The lowest BCUT2D eigenvalue weighted by atomic mass is 9.98. The standard InChI is InChI=1S/C25H26ClN3O/c26-18-9-10-23-21(15-18)24(20-7-4-8-22(20)28-23)25(30)27-19-11-13-29(14-12-19)16-17-5-2-1-3-6-17/h1-3,5-6,9-10,15,19H,4,7-8,11-14,16H2,(H,27,30). The van der Waals surface area contributed by atoms with Gasteiger partial charge < -0.3 is 5.32 Å². The van der Waals surface area contributed by atoms with Gasteiger partial charge in [-0.25, -0.2) is 0 Å². The lowest BCUT2D eigenvalue weighted by Crippen LogP contribution is -2.44. The smallest absolute Gasteiger partial charge is 0.252 e. The van der Waals surface area contributed by atoms with E-state index in [0.29, 0.717) is 5.02 Å². The highest BCUT2D eigenvalue weighted by atomic mass is 35.5. The van der Waals surface area contributed by atoms with E-state index >= 15 is 0 Å². The third kappa shape index (κ3) is 3.94. The van der Waals surface area contributed by atoms with Crippen LogP contribution in [0.1, 0.15) is 46.4 Å². The minimum atomic E-state index is 0.0318. The summed E-state index contributed by atoms with van der Waals surface area (Å²) < 4.78 is 0. The molecular formula is C25H26ClN3O. The topological polar surface area (TPSA) is 45.2 Å². The number of amides is 1. The van der Waals surface area contributed by atoms with E-state index in [-0.39, 0.29) is 11.9 Å². The van der Waals surface area contributed by atoms with Crippen molar-refractivity contribution in [3.8, 4) is 0 Å². The predicted molar refractivity (Wildman–Crippen MR) is 121 cm³/mol. The van der Waals surface area contributed by atoms with Crippen LogP contribution in [0.4, 0.5) is 0 Å². The maximum absolute atomic E-state index is 13.4. The van der Waals surface area contributed by atoms with Gasteiger partial charge in [-0.3, -0.25) is 14.7 Å². The van der Waals surface area contributed by atoms with Gasteiger partial charge in [0.1, 0.15) is 0 Å². The first-order chi connectivity index (χ1) is 14.7. The quantitative estimate of drug-likeness (QED) is 0.662. The van der Waals surface area contributed by atoms with Crippen LogP contribution in [0.5, 0.6) is 0 Å². The molecule has 1 N–H and O–H groups in total. The lowest BCUT2D eigenvalue weighted by Gasteiger charge is -2.32. The normalized spacial score (nSPS) is 17.2. The van der Waals surface area contributed by atoms with E-state index in [1.54, 1.807) is 0 Å². The molecule has 0 radical (unpaired) electrons. The van der Waals surface area contributed by atoms with Gasteiger partial charge in [0.15, 0.2) is 0 Å². The Morgan fingerprint density at radius 2 is 1.90 bits per heavy atom. The molecule has 2 heterocycles. The van der Waals surface area contributed by atoms with E-state index in [1.807, 2.05) is 18.2 Å². The molecule has 2 aromatic carbocycles. The number of carbonyl (C=O) groups excluding carboxylic acids is 1. The first kappa shape index (κ1) is 19.5. The largest absolute Gasteiger partial charge is 0.349 e. The van der Waals surface area contributed by atoms with E-state index in [4.69, 9.17) is 16.6 Å². The van der Waals surface area contributed by atoms with Gasteiger partial charge in [0.2, 0.25) is 0 Å². The van der Waals surface area contributed by atoms with Crippen molar-refractivity contribution in [2.45, 2.75) is 44.7 Å². The molecule has 1 aromatic heterocycles. The summed E-state index contributed by atoms with van der Waals surface area (Å²) in [5.74, 6) is 0.0318. The van der Waals surface area contributed by atoms with Crippen LogP contribution in [0.2, 0.25) is 5.02 Å². The number of aromatic nitrogens is 1. The maximum atomic E-state index is 13.4. The van der Waals surface area contributed by atoms with Crippen LogP contribution < -0.4 is 5.32 Å². The first-order valence-corrected chi connectivity index (χ1v) is 11.2. The Hall–Kier alpha value is -2.43. The van der Waals surface area contributed by atoms with Crippen molar-refractivity contribution in [3.63, 3.8) is 0 Å². The zero-order valence-electron chi connectivity index (χ0n) is 17.0. The van der Waals surface area contributed by atoms with Crippen molar-refractivity contribution in [1.29, 1.82) is 0 Å². The average molecular weight is 420 g/mol. The third-order valence-electron chi connectivity index (χ3n) is 6.37. The summed E-state index contributed by atoms with van der Waals surface area (Å²) in [6.45, 7) is 2.98. The number of fused-ring (bicyclic) bond motifs is 2. The molecule has 0 unspecified atom stereocenters. The zero-order valence-corrected chi connectivity index (χ0v) is 17.8. The van der Waals surface area contributed by atoms with Gasteiger partial charge in [0.25, 0.3) is 5.91 Å². The van der Waals surface area contributed by atoms with E-state index < -0.39 is 0 Å². The zero-order chi connectivity index (χ0) is 20.5. The van der Waals surface area contributed by atoms with Gasteiger partial charge in [0.05, 0.1) is 11.1 Å². The van der Waals surface area contributed by atoms with Gasteiger partial charge in [0, 0.05) is 41.8 Å². The predicted octanol–water partition coefficient (Wildman–Crippen LogP) is 4.77. The van der Waals surface area contributed by atoms with Crippen molar-refractivity contribution in [1.82, 2.24) is 15.2 Å². The summed E-state index contributed by atoms with van der Waals surface area (Å²) in [5, 5.41) is 4.85. The van der Waals surface area contributed by atoms with E-state index in [9.17, 15) is 4.79 Å². The SMILES string of the molecule is O=C(NC1CCN(Cc2ccccc2)CC1)c1c2c(nc3ccc(Cl)cc13)CCC2. The van der Waals surface area contributed by atoms with Crippen molar-refractivity contribution >= 4 is 28.4 Å². The second kappa shape index (κ2) is 8.37.